The highest BCUT2D eigenvalue weighted by Crippen LogP contribution is 2.27. The first-order valence-electron chi connectivity index (χ1n) is 4.54. The lowest BCUT2D eigenvalue weighted by molar-refractivity contribution is -0.385. The van der Waals surface area contributed by atoms with Gasteiger partial charge < -0.3 is 9.84 Å². The van der Waals surface area contributed by atoms with E-state index in [9.17, 15) is 14.9 Å². The number of carboxylic acids is 1. The predicted octanol–water partition coefficient (Wildman–Crippen LogP) is 1.94. The van der Waals surface area contributed by atoms with Gasteiger partial charge in [0.2, 0.25) is 0 Å². The Kier molecular flexibility index (Phi) is 3.15. The van der Waals surface area contributed by atoms with Gasteiger partial charge in [0.05, 0.1) is 4.92 Å². The molecule has 1 aromatic carbocycles. The highest BCUT2D eigenvalue weighted by atomic mass is 32.1. The van der Waals surface area contributed by atoms with Crippen LogP contribution in [0.2, 0.25) is 0 Å². The van der Waals surface area contributed by atoms with Crippen LogP contribution in [0.1, 0.15) is 10.4 Å². The van der Waals surface area contributed by atoms with Crippen molar-refractivity contribution in [1.29, 1.82) is 0 Å². The number of nitrogens with zero attached hydrogens (tertiary/aromatic N) is 3. The minimum atomic E-state index is -1.40. The van der Waals surface area contributed by atoms with E-state index >= 15 is 0 Å². The van der Waals surface area contributed by atoms with E-state index in [2.05, 4.69) is 9.36 Å². The lowest BCUT2D eigenvalue weighted by Gasteiger charge is -2.03. The van der Waals surface area contributed by atoms with Gasteiger partial charge in [0.15, 0.2) is 0 Å². The Balaban J connectivity index is 2.37. The number of hydrogen-bond acceptors (Lipinski definition) is 7. The van der Waals surface area contributed by atoms with Gasteiger partial charge in [-0.05, 0) is 6.07 Å². The average molecular weight is 267 g/mol. The van der Waals surface area contributed by atoms with Crippen molar-refractivity contribution in [2.75, 3.05) is 0 Å². The molecule has 0 fully saturated rings. The topological polar surface area (TPSA) is 115 Å². The van der Waals surface area contributed by atoms with Gasteiger partial charge in [0.1, 0.15) is 17.6 Å². The summed E-state index contributed by atoms with van der Waals surface area (Å²) in [6.45, 7) is 0. The van der Waals surface area contributed by atoms with Crippen LogP contribution < -0.4 is 4.74 Å². The Morgan fingerprint density at radius 2 is 2.28 bits per heavy atom. The first kappa shape index (κ1) is 11.9. The first-order chi connectivity index (χ1) is 8.58. The molecule has 2 rings (SSSR count). The molecule has 18 heavy (non-hydrogen) atoms. The number of aromatic carboxylic acids is 1. The molecular weight excluding hydrogens is 262 g/mol. The van der Waals surface area contributed by atoms with Crippen molar-refractivity contribution in [2.45, 2.75) is 0 Å². The SMILES string of the molecule is O=C(O)c1cc(Oc2ncns2)ccc1[N+](=O)[O-]. The lowest BCUT2D eigenvalue weighted by Crippen LogP contribution is -2.02. The largest absolute Gasteiger partial charge is 0.477 e. The Bertz CT molecular complexity index is 598. The van der Waals surface area contributed by atoms with E-state index in [4.69, 9.17) is 9.84 Å². The second-order valence-electron chi connectivity index (χ2n) is 3.05. The summed E-state index contributed by atoms with van der Waals surface area (Å²) in [5, 5.41) is 19.7. The maximum Gasteiger partial charge on any atom is 0.342 e. The molecule has 92 valence electrons. The zero-order valence-corrected chi connectivity index (χ0v) is 9.46. The van der Waals surface area contributed by atoms with Crippen LogP contribution in [0, 0.1) is 10.1 Å². The predicted molar refractivity (Wildman–Crippen MR) is 60.0 cm³/mol. The van der Waals surface area contributed by atoms with Crippen LogP contribution in [0.5, 0.6) is 10.9 Å². The zero-order chi connectivity index (χ0) is 13.1. The molecule has 0 aliphatic rings. The maximum atomic E-state index is 10.9. The zero-order valence-electron chi connectivity index (χ0n) is 8.64. The molecular formula is C9H5N3O5S. The van der Waals surface area contributed by atoms with Crippen molar-refractivity contribution in [3.63, 3.8) is 0 Å². The van der Waals surface area contributed by atoms with Crippen molar-refractivity contribution >= 4 is 23.2 Å². The molecule has 0 atom stereocenters. The summed E-state index contributed by atoms with van der Waals surface area (Å²) in [6.07, 6.45) is 1.28. The Morgan fingerprint density at radius 3 is 2.83 bits per heavy atom. The van der Waals surface area contributed by atoms with Crippen LogP contribution in [0.4, 0.5) is 5.69 Å². The summed E-state index contributed by atoms with van der Waals surface area (Å²) in [6, 6.07) is 3.44. The van der Waals surface area contributed by atoms with Gasteiger partial charge >= 0.3 is 5.97 Å². The number of ether oxygens (including phenoxy) is 1. The van der Waals surface area contributed by atoms with Gasteiger partial charge in [-0.15, -0.1) is 0 Å². The minimum absolute atomic E-state index is 0.148. The maximum absolute atomic E-state index is 10.9. The molecule has 2 aromatic rings. The number of carboxylic acid groups (broad SMARTS) is 1. The number of aromatic nitrogens is 2. The third-order valence-corrected chi connectivity index (χ3v) is 2.49. The monoisotopic (exact) mass is 267 g/mol. The van der Waals surface area contributed by atoms with Crippen LogP contribution in [-0.4, -0.2) is 25.4 Å². The minimum Gasteiger partial charge on any atom is -0.477 e. The molecule has 9 heteroatoms. The molecule has 0 saturated heterocycles. The van der Waals surface area contributed by atoms with Crippen molar-refractivity contribution in [3.05, 3.63) is 40.2 Å². The van der Waals surface area contributed by atoms with Gasteiger partial charge in [0.25, 0.3) is 10.9 Å². The van der Waals surface area contributed by atoms with E-state index < -0.39 is 22.1 Å². The van der Waals surface area contributed by atoms with Gasteiger partial charge in [-0.25, -0.2) is 4.79 Å². The van der Waals surface area contributed by atoms with Crippen molar-refractivity contribution < 1.29 is 19.6 Å². The van der Waals surface area contributed by atoms with Gasteiger partial charge in [-0.3, -0.25) is 10.1 Å². The molecule has 0 radical (unpaired) electrons. The summed E-state index contributed by atoms with van der Waals surface area (Å²) >= 11 is 0.978. The van der Waals surface area contributed by atoms with Crippen LogP contribution in [-0.2, 0) is 0 Å². The number of benzene rings is 1. The smallest absolute Gasteiger partial charge is 0.342 e. The molecule has 0 saturated carbocycles. The summed E-state index contributed by atoms with van der Waals surface area (Å²) in [5.41, 5.74) is -0.936. The number of rotatable bonds is 4. The molecule has 0 unspecified atom stereocenters. The average Bonchev–Trinajstić information content (AvgIpc) is 2.81. The molecule has 1 N–H and O–H groups in total. The second kappa shape index (κ2) is 4.75. The van der Waals surface area contributed by atoms with Crippen LogP contribution in [0.25, 0.3) is 0 Å². The van der Waals surface area contributed by atoms with E-state index in [1.807, 2.05) is 0 Å². The van der Waals surface area contributed by atoms with E-state index in [0.717, 1.165) is 23.7 Å². The van der Waals surface area contributed by atoms with E-state index in [0.29, 0.717) is 0 Å². The van der Waals surface area contributed by atoms with Crippen molar-refractivity contribution in [1.82, 2.24) is 9.36 Å². The van der Waals surface area contributed by atoms with Crippen LogP contribution in [0.15, 0.2) is 24.5 Å². The number of nitro groups is 1. The molecule has 1 heterocycles. The number of carbonyl (C=O) groups is 1. The fraction of sp³-hybridized carbons (Fsp3) is 0. The highest BCUT2D eigenvalue weighted by molar-refractivity contribution is 7.07. The van der Waals surface area contributed by atoms with E-state index in [-0.39, 0.29) is 10.9 Å². The standard InChI is InChI=1S/C9H5N3O5S/c13-8(14)6-3-5(1-2-7(6)12(15)16)17-9-10-4-11-18-9/h1-4H,(H,13,14). The number of hydrogen-bond donors (Lipinski definition) is 1. The Hall–Kier alpha value is -2.55. The molecule has 0 spiro atoms. The highest BCUT2D eigenvalue weighted by Gasteiger charge is 2.20. The molecule has 0 aliphatic carbocycles. The fourth-order valence-corrected chi connectivity index (χ4v) is 1.63. The third-order valence-electron chi connectivity index (χ3n) is 1.94. The van der Waals surface area contributed by atoms with Crippen molar-refractivity contribution in [3.8, 4) is 10.9 Å². The summed E-state index contributed by atoms with van der Waals surface area (Å²) in [4.78, 5) is 24.5. The normalized spacial score (nSPS) is 10.0. The van der Waals surface area contributed by atoms with Crippen LogP contribution in [0.3, 0.4) is 0 Å². The molecule has 0 aliphatic heterocycles. The van der Waals surface area contributed by atoms with Gasteiger partial charge in [-0.1, -0.05) is 0 Å². The van der Waals surface area contributed by atoms with Crippen LogP contribution >= 0.6 is 11.5 Å². The second-order valence-corrected chi connectivity index (χ2v) is 3.79. The molecule has 1 aromatic heterocycles. The first-order valence-corrected chi connectivity index (χ1v) is 5.31. The van der Waals surface area contributed by atoms with Gasteiger partial charge in [0, 0.05) is 23.7 Å². The van der Waals surface area contributed by atoms with E-state index in [1.165, 1.54) is 12.4 Å². The summed E-state index contributed by atoms with van der Waals surface area (Å²) in [5.74, 6) is -1.25. The Morgan fingerprint density at radius 1 is 1.50 bits per heavy atom. The van der Waals surface area contributed by atoms with E-state index in [1.54, 1.807) is 0 Å². The fourth-order valence-electron chi connectivity index (χ4n) is 1.22. The number of nitro benzene ring substituents is 1. The molecule has 0 bridgehead atoms. The molecule has 0 amide bonds. The van der Waals surface area contributed by atoms with Gasteiger partial charge in [-0.2, -0.15) is 9.36 Å². The summed E-state index contributed by atoms with van der Waals surface area (Å²) < 4.78 is 8.91. The molecule has 8 nitrogen and oxygen atoms in total. The quantitative estimate of drug-likeness (QED) is 0.664. The Labute approximate surface area is 104 Å². The lowest BCUT2D eigenvalue weighted by atomic mass is 10.2. The third kappa shape index (κ3) is 2.40. The summed E-state index contributed by atoms with van der Waals surface area (Å²) in [7, 11) is 0. The van der Waals surface area contributed by atoms with Crippen molar-refractivity contribution in [2.24, 2.45) is 0 Å².